The molecule has 1 aliphatic heterocycles. The van der Waals surface area contributed by atoms with Gasteiger partial charge in [-0.2, -0.15) is 0 Å². The van der Waals surface area contributed by atoms with Crippen molar-refractivity contribution in [1.82, 2.24) is 15.6 Å². The van der Waals surface area contributed by atoms with Crippen molar-refractivity contribution in [3.63, 3.8) is 0 Å². The van der Waals surface area contributed by atoms with Crippen LogP contribution in [0.4, 0.5) is 0 Å². The van der Waals surface area contributed by atoms with Gasteiger partial charge in [0.2, 0.25) is 0 Å². The maximum absolute atomic E-state index is 12.1. The third-order valence-corrected chi connectivity index (χ3v) is 3.42. The fraction of sp³-hybridized carbons (Fsp3) is 0.357. The third-order valence-electron chi connectivity index (χ3n) is 3.42. The maximum Gasteiger partial charge on any atom is 0.267 e. The topological polar surface area (TPSA) is 56.9 Å². The van der Waals surface area contributed by atoms with Crippen molar-refractivity contribution in [2.75, 3.05) is 13.1 Å². The summed E-state index contributed by atoms with van der Waals surface area (Å²) in [5.74, 6) is -0.0162. The molecular weight excluding hydrogens is 226 g/mol. The van der Waals surface area contributed by atoms with Crippen LogP contribution in [0, 0.1) is 6.92 Å². The van der Waals surface area contributed by atoms with Gasteiger partial charge in [-0.1, -0.05) is 11.6 Å². The van der Waals surface area contributed by atoms with E-state index in [9.17, 15) is 4.79 Å². The third kappa shape index (κ3) is 2.11. The summed E-state index contributed by atoms with van der Waals surface area (Å²) < 4.78 is 0. The van der Waals surface area contributed by atoms with Crippen molar-refractivity contribution in [2.45, 2.75) is 19.4 Å². The zero-order valence-electron chi connectivity index (χ0n) is 10.4. The number of fused-ring (bicyclic) bond motifs is 1. The van der Waals surface area contributed by atoms with Gasteiger partial charge >= 0.3 is 0 Å². The standard InChI is InChI=1S/C14H17N3O/c1-9-2-3-12-10(6-9)7-13(17-12)14(18)16-11-4-5-15-8-11/h2-3,6-7,11,15,17H,4-5,8H2,1H3,(H,16,18)/t11-/m1/s1. The van der Waals surface area contributed by atoms with E-state index in [4.69, 9.17) is 0 Å². The van der Waals surface area contributed by atoms with Gasteiger partial charge in [0.05, 0.1) is 0 Å². The Hall–Kier alpha value is -1.81. The van der Waals surface area contributed by atoms with Crippen molar-refractivity contribution in [2.24, 2.45) is 0 Å². The van der Waals surface area contributed by atoms with E-state index in [0.717, 1.165) is 30.4 Å². The van der Waals surface area contributed by atoms with E-state index in [1.165, 1.54) is 5.56 Å². The second-order valence-electron chi connectivity index (χ2n) is 4.94. The molecule has 1 aromatic heterocycles. The van der Waals surface area contributed by atoms with Gasteiger partial charge in [0.25, 0.3) is 5.91 Å². The molecule has 1 fully saturated rings. The van der Waals surface area contributed by atoms with Crippen molar-refractivity contribution in [3.05, 3.63) is 35.5 Å². The van der Waals surface area contributed by atoms with Crippen molar-refractivity contribution in [3.8, 4) is 0 Å². The maximum atomic E-state index is 12.1. The fourth-order valence-electron chi connectivity index (χ4n) is 2.42. The quantitative estimate of drug-likeness (QED) is 0.750. The lowest BCUT2D eigenvalue weighted by Gasteiger charge is -2.09. The highest BCUT2D eigenvalue weighted by molar-refractivity contribution is 5.98. The fourth-order valence-corrected chi connectivity index (χ4v) is 2.42. The summed E-state index contributed by atoms with van der Waals surface area (Å²) in [6.07, 6.45) is 1.01. The first-order valence-corrected chi connectivity index (χ1v) is 6.33. The number of hydrogen-bond donors (Lipinski definition) is 3. The number of aromatic nitrogens is 1. The van der Waals surface area contributed by atoms with Gasteiger partial charge in [0, 0.05) is 23.5 Å². The Bertz CT molecular complexity index is 582. The Kier molecular flexibility index (Phi) is 2.80. The highest BCUT2D eigenvalue weighted by Crippen LogP contribution is 2.17. The van der Waals surface area contributed by atoms with E-state index in [1.807, 2.05) is 18.2 Å². The number of H-pyrrole nitrogens is 1. The molecule has 0 aliphatic carbocycles. The summed E-state index contributed by atoms with van der Waals surface area (Å²) in [4.78, 5) is 15.2. The molecule has 4 nitrogen and oxygen atoms in total. The van der Waals surface area contributed by atoms with Crippen molar-refractivity contribution in [1.29, 1.82) is 0 Å². The number of aryl methyl sites for hydroxylation is 1. The molecule has 18 heavy (non-hydrogen) atoms. The Labute approximate surface area is 106 Å². The number of benzene rings is 1. The van der Waals surface area contributed by atoms with Crippen LogP contribution in [0.15, 0.2) is 24.3 Å². The van der Waals surface area contributed by atoms with Crippen LogP contribution in [0.1, 0.15) is 22.5 Å². The SMILES string of the molecule is Cc1ccc2[nH]c(C(=O)N[C@@H]3CCNC3)cc2c1. The van der Waals surface area contributed by atoms with E-state index in [1.54, 1.807) is 0 Å². The van der Waals surface area contributed by atoms with E-state index in [2.05, 4.69) is 28.6 Å². The van der Waals surface area contributed by atoms with Crippen molar-refractivity contribution < 1.29 is 4.79 Å². The number of carbonyl (C=O) groups is 1. The lowest BCUT2D eigenvalue weighted by molar-refractivity contribution is 0.0936. The second kappa shape index (κ2) is 4.46. The molecule has 1 aromatic carbocycles. The van der Waals surface area contributed by atoms with Crippen molar-refractivity contribution >= 4 is 16.8 Å². The average molecular weight is 243 g/mol. The first-order chi connectivity index (χ1) is 8.72. The molecular formula is C14H17N3O. The molecule has 1 atom stereocenters. The summed E-state index contributed by atoms with van der Waals surface area (Å²) in [7, 11) is 0. The molecule has 0 unspecified atom stereocenters. The minimum absolute atomic E-state index is 0.0162. The van der Waals surface area contributed by atoms with Gasteiger partial charge in [0.15, 0.2) is 0 Å². The van der Waals surface area contributed by atoms with Gasteiger partial charge in [-0.25, -0.2) is 0 Å². The molecule has 1 aliphatic rings. The highest BCUT2D eigenvalue weighted by atomic mass is 16.1. The minimum atomic E-state index is -0.0162. The van der Waals surface area contributed by atoms with E-state index in [0.29, 0.717) is 5.69 Å². The smallest absolute Gasteiger partial charge is 0.267 e. The molecule has 94 valence electrons. The van der Waals surface area contributed by atoms with Crippen LogP contribution < -0.4 is 10.6 Å². The van der Waals surface area contributed by atoms with E-state index in [-0.39, 0.29) is 11.9 Å². The van der Waals surface area contributed by atoms with Gasteiger partial charge in [-0.05, 0) is 38.1 Å². The monoisotopic (exact) mass is 243 g/mol. The van der Waals surface area contributed by atoms with Crippen LogP contribution >= 0.6 is 0 Å². The summed E-state index contributed by atoms with van der Waals surface area (Å²) in [5.41, 5.74) is 2.85. The Morgan fingerprint density at radius 1 is 1.39 bits per heavy atom. The van der Waals surface area contributed by atoms with E-state index >= 15 is 0 Å². The average Bonchev–Trinajstić information content (AvgIpc) is 2.96. The molecule has 3 rings (SSSR count). The van der Waals surface area contributed by atoms with Crippen LogP contribution in [0.5, 0.6) is 0 Å². The molecule has 0 radical (unpaired) electrons. The summed E-state index contributed by atoms with van der Waals surface area (Å²) in [5, 5.41) is 7.36. The first kappa shape index (κ1) is 11.3. The second-order valence-corrected chi connectivity index (χ2v) is 4.94. The highest BCUT2D eigenvalue weighted by Gasteiger charge is 2.18. The first-order valence-electron chi connectivity index (χ1n) is 6.33. The Balaban J connectivity index is 1.82. The Morgan fingerprint density at radius 2 is 2.28 bits per heavy atom. The molecule has 2 aromatic rings. The Morgan fingerprint density at radius 3 is 3.06 bits per heavy atom. The molecule has 4 heteroatoms. The van der Waals surface area contributed by atoms with Gasteiger partial charge in [-0.15, -0.1) is 0 Å². The largest absolute Gasteiger partial charge is 0.351 e. The zero-order chi connectivity index (χ0) is 12.5. The minimum Gasteiger partial charge on any atom is -0.351 e. The summed E-state index contributed by atoms with van der Waals surface area (Å²) >= 11 is 0. The lowest BCUT2D eigenvalue weighted by atomic mass is 10.2. The van der Waals surface area contributed by atoms with Crippen LogP contribution in [-0.4, -0.2) is 30.0 Å². The van der Waals surface area contributed by atoms with Gasteiger partial charge < -0.3 is 15.6 Å². The molecule has 3 N–H and O–H groups in total. The molecule has 2 heterocycles. The van der Waals surface area contributed by atoms with Crippen LogP contribution in [0.25, 0.3) is 10.9 Å². The molecule has 0 bridgehead atoms. The van der Waals surface area contributed by atoms with Crippen LogP contribution in [0.3, 0.4) is 0 Å². The predicted molar refractivity (Wildman–Crippen MR) is 71.8 cm³/mol. The summed E-state index contributed by atoms with van der Waals surface area (Å²) in [6, 6.07) is 8.31. The zero-order valence-corrected chi connectivity index (χ0v) is 10.4. The van der Waals surface area contributed by atoms with Gasteiger partial charge in [0.1, 0.15) is 5.69 Å². The molecule has 1 saturated heterocycles. The number of aromatic amines is 1. The summed E-state index contributed by atoms with van der Waals surface area (Å²) in [6.45, 7) is 3.90. The number of amides is 1. The predicted octanol–water partition coefficient (Wildman–Crippen LogP) is 1.57. The number of rotatable bonds is 2. The molecule has 0 saturated carbocycles. The molecule has 0 spiro atoms. The number of carbonyl (C=O) groups excluding carboxylic acids is 1. The molecule has 1 amide bonds. The lowest BCUT2D eigenvalue weighted by Crippen LogP contribution is -2.36. The van der Waals surface area contributed by atoms with E-state index < -0.39 is 0 Å². The van der Waals surface area contributed by atoms with Crippen LogP contribution in [0.2, 0.25) is 0 Å². The van der Waals surface area contributed by atoms with Crippen LogP contribution in [-0.2, 0) is 0 Å². The normalized spacial score (nSPS) is 19.3. The van der Waals surface area contributed by atoms with Gasteiger partial charge in [-0.3, -0.25) is 4.79 Å². The number of hydrogen-bond acceptors (Lipinski definition) is 2. The number of nitrogens with one attached hydrogen (secondary N) is 3.